The molecule has 0 fully saturated rings. The van der Waals surface area contributed by atoms with Crippen LogP contribution in [0.4, 0.5) is 11.4 Å². The van der Waals surface area contributed by atoms with Gasteiger partial charge < -0.3 is 15.0 Å². The number of hydrogen-bond donors (Lipinski definition) is 1. The molecule has 2 aromatic rings. The average Bonchev–Trinajstić information content (AvgIpc) is 2.57. The van der Waals surface area contributed by atoms with E-state index in [0.29, 0.717) is 26.1 Å². The van der Waals surface area contributed by atoms with Gasteiger partial charge in [0, 0.05) is 25.2 Å². The molecule has 0 unspecified atom stereocenters. The molecule has 0 aliphatic heterocycles. The SMILES string of the molecule is CCOc1ccccc1NCCC(=O)N(CC)c1cccc(C)c1. The van der Waals surface area contributed by atoms with E-state index in [-0.39, 0.29) is 5.91 Å². The Hall–Kier alpha value is -2.49. The number of carbonyl (C=O) groups excluding carboxylic acids is 1. The Morgan fingerprint density at radius 3 is 2.62 bits per heavy atom. The van der Waals surface area contributed by atoms with E-state index in [4.69, 9.17) is 4.74 Å². The molecule has 2 aromatic carbocycles. The van der Waals surface area contributed by atoms with E-state index in [1.54, 1.807) is 0 Å². The first-order valence-corrected chi connectivity index (χ1v) is 8.48. The molecular weight excluding hydrogens is 300 g/mol. The third-order valence-corrected chi connectivity index (χ3v) is 3.77. The van der Waals surface area contributed by atoms with Crippen LogP contribution in [0.2, 0.25) is 0 Å². The Labute approximate surface area is 144 Å². The van der Waals surface area contributed by atoms with E-state index in [2.05, 4.69) is 5.32 Å². The van der Waals surface area contributed by atoms with Gasteiger partial charge in [0.05, 0.1) is 12.3 Å². The van der Waals surface area contributed by atoms with Crippen LogP contribution in [0.3, 0.4) is 0 Å². The fourth-order valence-electron chi connectivity index (χ4n) is 2.63. The van der Waals surface area contributed by atoms with Gasteiger partial charge in [-0.15, -0.1) is 0 Å². The number of para-hydroxylation sites is 2. The van der Waals surface area contributed by atoms with Crippen LogP contribution in [0.5, 0.6) is 5.75 Å². The summed E-state index contributed by atoms with van der Waals surface area (Å²) in [4.78, 5) is 14.4. The van der Waals surface area contributed by atoms with Gasteiger partial charge in [0.1, 0.15) is 5.75 Å². The van der Waals surface area contributed by atoms with Crippen molar-refractivity contribution in [3.05, 3.63) is 54.1 Å². The first-order chi connectivity index (χ1) is 11.7. The van der Waals surface area contributed by atoms with E-state index in [1.165, 1.54) is 0 Å². The minimum Gasteiger partial charge on any atom is -0.492 e. The second-order valence-electron chi connectivity index (χ2n) is 5.58. The van der Waals surface area contributed by atoms with Crippen molar-refractivity contribution < 1.29 is 9.53 Å². The molecule has 1 N–H and O–H groups in total. The quantitative estimate of drug-likeness (QED) is 0.788. The van der Waals surface area contributed by atoms with Gasteiger partial charge in [0.2, 0.25) is 5.91 Å². The molecule has 128 valence electrons. The number of benzene rings is 2. The zero-order chi connectivity index (χ0) is 17.4. The fraction of sp³-hybridized carbons (Fsp3) is 0.350. The zero-order valence-corrected chi connectivity index (χ0v) is 14.7. The molecule has 0 aromatic heterocycles. The predicted octanol–water partition coefficient (Wildman–Crippen LogP) is 4.25. The number of carbonyl (C=O) groups is 1. The third-order valence-electron chi connectivity index (χ3n) is 3.77. The molecule has 1 amide bonds. The Morgan fingerprint density at radius 1 is 1.12 bits per heavy atom. The lowest BCUT2D eigenvalue weighted by Gasteiger charge is -2.22. The van der Waals surface area contributed by atoms with Crippen molar-refractivity contribution in [3.8, 4) is 5.75 Å². The summed E-state index contributed by atoms with van der Waals surface area (Å²) in [6.07, 6.45) is 0.433. The molecule has 2 rings (SSSR count). The van der Waals surface area contributed by atoms with Gasteiger partial charge in [-0.3, -0.25) is 4.79 Å². The van der Waals surface area contributed by atoms with Gasteiger partial charge in [0.25, 0.3) is 0 Å². The maximum atomic E-state index is 12.5. The molecule has 0 spiro atoms. The Morgan fingerprint density at radius 2 is 1.92 bits per heavy atom. The lowest BCUT2D eigenvalue weighted by atomic mass is 10.2. The Kier molecular flexibility index (Phi) is 6.67. The van der Waals surface area contributed by atoms with Gasteiger partial charge >= 0.3 is 0 Å². The first-order valence-electron chi connectivity index (χ1n) is 8.48. The van der Waals surface area contributed by atoms with E-state index in [1.807, 2.05) is 74.2 Å². The van der Waals surface area contributed by atoms with Gasteiger partial charge in [-0.1, -0.05) is 24.3 Å². The Balaban J connectivity index is 1.95. The fourth-order valence-corrected chi connectivity index (χ4v) is 2.63. The highest BCUT2D eigenvalue weighted by Crippen LogP contribution is 2.23. The number of anilines is 2. The van der Waals surface area contributed by atoms with Crippen LogP contribution in [0.25, 0.3) is 0 Å². The number of nitrogens with one attached hydrogen (secondary N) is 1. The van der Waals surface area contributed by atoms with E-state index in [9.17, 15) is 4.79 Å². The average molecular weight is 326 g/mol. The van der Waals surface area contributed by atoms with Crippen molar-refractivity contribution in [1.29, 1.82) is 0 Å². The molecule has 24 heavy (non-hydrogen) atoms. The lowest BCUT2D eigenvalue weighted by molar-refractivity contribution is -0.118. The summed E-state index contributed by atoms with van der Waals surface area (Å²) in [6, 6.07) is 15.8. The molecule has 0 atom stereocenters. The number of aryl methyl sites for hydroxylation is 1. The second-order valence-corrected chi connectivity index (χ2v) is 5.58. The van der Waals surface area contributed by atoms with Crippen LogP contribution in [-0.2, 0) is 4.79 Å². The van der Waals surface area contributed by atoms with E-state index >= 15 is 0 Å². The smallest absolute Gasteiger partial charge is 0.228 e. The molecule has 0 radical (unpaired) electrons. The van der Waals surface area contributed by atoms with Crippen LogP contribution in [0.15, 0.2) is 48.5 Å². The minimum absolute atomic E-state index is 0.115. The summed E-state index contributed by atoms with van der Waals surface area (Å²) in [6.45, 7) is 7.85. The highest BCUT2D eigenvalue weighted by atomic mass is 16.5. The summed E-state index contributed by atoms with van der Waals surface area (Å²) < 4.78 is 5.59. The molecule has 4 heteroatoms. The number of rotatable bonds is 8. The third kappa shape index (κ3) is 4.75. The molecule has 4 nitrogen and oxygen atoms in total. The van der Waals surface area contributed by atoms with Crippen LogP contribution in [0.1, 0.15) is 25.8 Å². The maximum absolute atomic E-state index is 12.5. The molecular formula is C20H26N2O2. The summed E-state index contributed by atoms with van der Waals surface area (Å²) in [5.41, 5.74) is 3.03. The molecule has 0 heterocycles. The van der Waals surface area contributed by atoms with Crippen LogP contribution >= 0.6 is 0 Å². The van der Waals surface area contributed by atoms with Crippen molar-refractivity contribution in [1.82, 2.24) is 0 Å². The number of ether oxygens (including phenoxy) is 1. The van der Waals surface area contributed by atoms with Crippen LogP contribution < -0.4 is 15.0 Å². The number of amides is 1. The monoisotopic (exact) mass is 326 g/mol. The van der Waals surface area contributed by atoms with Crippen molar-refractivity contribution in [2.45, 2.75) is 27.2 Å². The van der Waals surface area contributed by atoms with E-state index in [0.717, 1.165) is 22.7 Å². The molecule has 0 aliphatic carbocycles. The number of nitrogens with zero attached hydrogens (tertiary/aromatic N) is 1. The summed E-state index contributed by atoms with van der Waals surface area (Å²) >= 11 is 0. The van der Waals surface area contributed by atoms with Crippen LogP contribution in [-0.4, -0.2) is 25.6 Å². The Bertz CT molecular complexity index is 670. The maximum Gasteiger partial charge on any atom is 0.228 e. The highest BCUT2D eigenvalue weighted by Gasteiger charge is 2.13. The highest BCUT2D eigenvalue weighted by molar-refractivity contribution is 5.93. The largest absolute Gasteiger partial charge is 0.492 e. The van der Waals surface area contributed by atoms with Crippen LogP contribution in [0, 0.1) is 6.92 Å². The topological polar surface area (TPSA) is 41.6 Å². The van der Waals surface area contributed by atoms with Gasteiger partial charge in [-0.25, -0.2) is 0 Å². The van der Waals surface area contributed by atoms with Crippen molar-refractivity contribution in [2.24, 2.45) is 0 Å². The summed E-state index contributed by atoms with van der Waals surface area (Å²) in [5, 5.41) is 3.30. The first kappa shape index (κ1) is 17.9. The summed E-state index contributed by atoms with van der Waals surface area (Å²) in [5.74, 6) is 0.933. The van der Waals surface area contributed by atoms with Gasteiger partial charge in [-0.05, 0) is 50.6 Å². The van der Waals surface area contributed by atoms with Crippen molar-refractivity contribution >= 4 is 17.3 Å². The predicted molar refractivity (Wildman–Crippen MR) is 99.9 cm³/mol. The molecule has 0 saturated heterocycles. The van der Waals surface area contributed by atoms with E-state index < -0.39 is 0 Å². The zero-order valence-electron chi connectivity index (χ0n) is 14.7. The lowest BCUT2D eigenvalue weighted by Crippen LogP contribution is -2.31. The van der Waals surface area contributed by atoms with Crippen molar-refractivity contribution in [2.75, 3.05) is 29.9 Å². The van der Waals surface area contributed by atoms with Crippen molar-refractivity contribution in [3.63, 3.8) is 0 Å². The number of hydrogen-bond acceptors (Lipinski definition) is 3. The molecule has 0 bridgehead atoms. The second kappa shape index (κ2) is 8.96. The normalized spacial score (nSPS) is 10.3. The molecule has 0 saturated carbocycles. The van der Waals surface area contributed by atoms with Gasteiger partial charge in [-0.2, -0.15) is 0 Å². The summed E-state index contributed by atoms with van der Waals surface area (Å²) in [7, 11) is 0. The minimum atomic E-state index is 0.115. The van der Waals surface area contributed by atoms with Gasteiger partial charge in [0.15, 0.2) is 0 Å². The molecule has 0 aliphatic rings. The standard InChI is InChI=1S/C20H26N2O2/c1-4-22(17-10-8-9-16(3)15-17)20(23)13-14-21-18-11-6-7-12-19(18)24-5-2/h6-12,15,21H,4-5,13-14H2,1-3H3.